The molecule has 3 atom stereocenters. The van der Waals surface area contributed by atoms with Gasteiger partial charge < -0.3 is 9.47 Å². The lowest BCUT2D eigenvalue weighted by Crippen LogP contribution is -2.42. The fourth-order valence-electron chi connectivity index (χ4n) is 3.59. The lowest BCUT2D eigenvalue weighted by Gasteiger charge is -2.32. The van der Waals surface area contributed by atoms with Crippen molar-refractivity contribution in [3.8, 4) is 5.88 Å². The first-order chi connectivity index (χ1) is 11.4. The second-order valence-electron chi connectivity index (χ2n) is 6.16. The third kappa shape index (κ3) is 3.21. The van der Waals surface area contributed by atoms with Gasteiger partial charge in [-0.3, -0.25) is 9.88 Å². The van der Waals surface area contributed by atoms with Crippen LogP contribution in [0.4, 0.5) is 0 Å². The lowest BCUT2D eigenvalue weighted by atomic mass is 10.0. The van der Waals surface area contributed by atoms with Crippen molar-refractivity contribution >= 4 is 0 Å². The van der Waals surface area contributed by atoms with Crippen molar-refractivity contribution in [2.75, 3.05) is 13.2 Å². The highest BCUT2D eigenvalue weighted by atomic mass is 16.5. The number of nitrogens with zero attached hydrogens (tertiary/aromatic N) is 3. The predicted molar refractivity (Wildman–Crippen MR) is 86.1 cm³/mol. The normalized spacial score (nSPS) is 27.6. The van der Waals surface area contributed by atoms with E-state index in [-0.39, 0.29) is 12.2 Å². The highest BCUT2D eigenvalue weighted by molar-refractivity contribution is 5.13. The summed E-state index contributed by atoms with van der Waals surface area (Å²) in [4.78, 5) is 11.0. The maximum atomic E-state index is 6.12. The van der Waals surface area contributed by atoms with Crippen molar-refractivity contribution in [1.82, 2.24) is 14.9 Å². The van der Waals surface area contributed by atoms with Crippen LogP contribution in [0.25, 0.3) is 0 Å². The van der Waals surface area contributed by atoms with Crippen molar-refractivity contribution in [3.05, 3.63) is 54.5 Å². The Morgan fingerprint density at radius 2 is 2.22 bits per heavy atom. The summed E-state index contributed by atoms with van der Waals surface area (Å²) >= 11 is 0. The van der Waals surface area contributed by atoms with Gasteiger partial charge in [-0.05, 0) is 30.5 Å². The van der Waals surface area contributed by atoms with Crippen LogP contribution in [0.5, 0.6) is 5.88 Å². The Bertz CT molecular complexity index is 567. The molecule has 2 aliphatic rings. The van der Waals surface area contributed by atoms with Crippen LogP contribution >= 0.6 is 0 Å². The van der Waals surface area contributed by atoms with Crippen LogP contribution in [-0.2, 0) is 11.3 Å². The van der Waals surface area contributed by atoms with Gasteiger partial charge in [0.1, 0.15) is 12.2 Å². The monoisotopic (exact) mass is 311 g/mol. The molecule has 2 saturated heterocycles. The maximum Gasteiger partial charge on any atom is 0.213 e. The number of ether oxygens (including phenoxy) is 2. The molecule has 0 unspecified atom stereocenters. The molecule has 0 saturated carbocycles. The average Bonchev–Trinajstić information content (AvgIpc) is 2.95. The fourth-order valence-corrected chi connectivity index (χ4v) is 3.59. The number of fused-ring (bicyclic) bond motifs is 1. The van der Waals surface area contributed by atoms with E-state index >= 15 is 0 Å². The van der Waals surface area contributed by atoms with Crippen LogP contribution in [0, 0.1) is 0 Å². The first-order valence-corrected chi connectivity index (χ1v) is 8.22. The van der Waals surface area contributed by atoms with E-state index in [1.165, 1.54) is 5.56 Å². The topological polar surface area (TPSA) is 47.5 Å². The minimum absolute atomic E-state index is 0.0341. The quantitative estimate of drug-likeness (QED) is 0.867. The molecule has 2 aromatic rings. The van der Waals surface area contributed by atoms with E-state index in [0.717, 1.165) is 32.5 Å². The third-order valence-corrected chi connectivity index (χ3v) is 4.60. The lowest BCUT2D eigenvalue weighted by molar-refractivity contribution is -0.0479. The Labute approximate surface area is 136 Å². The Kier molecular flexibility index (Phi) is 4.22. The zero-order chi connectivity index (χ0) is 15.5. The first kappa shape index (κ1) is 14.6. The van der Waals surface area contributed by atoms with E-state index in [1.807, 2.05) is 36.7 Å². The summed E-state index contributed by atoms with van der Waals surface area (Å²) < 4.78 is 12.2. The van der Waals surface area contributed by atoms with Gasteiger partial charge in [0.15, 0.2) is 0 Å². The van der Waals surface area contributed by atoms with Gasteiger partial charge >= 0.3 is 0 Å². The number of aromatic nitrogens is 2. The molecule has 5 nitrogen and oxygen atoms in total. The van der Waals surface area contributed by atoms with Crippen LogP contribution in [0.2, 0.25) is 0 Å². The van der Waals surface area contributed by atoms with Gasteiger partial charge in [0, 0.05) is 50.4 Å². The van der Waals surface area contributed by atoms with E-state index < -0.39 is 0 Å². The van der Waals surface area contributed by atoms with E-state index in [1.54, 1.807) is 6.20 Å². The number of pyridine rings is 2. The Morgan fingerprint density at radius 1 is 1.22 bits per heavy atom. The zero-order valence-electron chi connectivity index (χ0n) is 13.0. The van der Waals surface area contributed by atoms with Gasteiger partial charge in [0.25, 0.3) is 0 Å². The molecule has 0 amide bonds. The van der Waals surface area contributed by atoms with Gasteiger partial charge in [-0.2, -0.15) is 0 Å². The molecule has 4 rings (SSSR count). The predicted octanol–water partition coefficient (Wildman–Crippen LogP) is 2.29. The molecule has 4 heterocycles. The largest absolute Gasteiger partial charge is 0.470 e. The van der Waals surface area contributed by atoms with Gasteiger partial charge in [-0.15, -0.1) is 0 Å². The average molecular weight is 311 g/mol. The maximum absolute atomic E-state index is 6.12. The molecule has 0 aromatic carbocycles. The summed E-state index contributed by atoms with van der Waals surface area (Å²) in [6, 6.07) is 10.3. The molecule has 0 N–H and O–H groups in total. The smallest absolute Gasteiger partial charge is 0.213 e. The van der Waals surface area contributed by atoms with Crippen molar-refractivity contribution in [1.29, 1.82) is 0 Å². The SMILES string of the molecule is c1ccc(O[C@H]2CN(Cc3cccnc3)[C@@H]3CCCO[C@H]23)nc1. The number of rotatable bonds is 4. The van der Waals surface area contributed by atoms with E-state index in [4.69, 9.17) is 9.47 Å². The molecule has 2 aromatic heterocycles. The summed E-state index contributed by atoms with van der Waals surface area (Å²) in [7, 11) is 0. The number of hydrogen-bond acceptors (Lipinski definition) is 5. The third-order valence-electron chi connectivity index (χ3n) is 4.60. The molecular weight excluding hydrogens is 290 g/mol. The molecule has 2 fully saturated rings. The fraction of sp³-hybridized carbons (Fsp3) is 0.444. The molecular formula is C18H21N3O2. The summed E-state index contributed by atoms with van der Waals surface area (Å²) in [5.41, 5.74) is 1.23. The molecule has 0 aliphatic carbocycles. The van der Waals surface area contributed by atoms with Gasteiger partial charge in [-0.25, -0.2) is 4.98 Å². The Hall–Kier alpha value is -1.98. The number of hydrogen-bond donors (Lipinski definition) is 0. The minimum Gasteiger partial charge on any atom is -0.470 e. The molecule has 0 radical (unpaired) electrons. The highest BCUT2D eigenvalue weighted by Crippen LogP contribution is 2.32. The van der Waals surface area contributed by atoms with Crippen LogP contribution in [0.15, 0.2) is 48.9 Å². The van der Waals surface area contributed by atoms with Crippen molar-refractivity contribution < 1.29 is 9.47 Å². The zero-order valence-corrected chi connectivity index (χ0v) is 13.0. The van der Waals surface area contributed by atoms with E-state index in [2.05, 4.69) is 20.9 Å². The Morgan fingerprint density at radius 3 is 3.04 bits per heavy atom. The van der Waals surface area contributed by atoms with Crippen LogP contribution in [0.1, 0.15) is 18.4 Å². The van der Waals surface area contributed by atoms with E-state index in [9.17, 15) is 0 Å². The molecule has 5 heteroatoms. The first-order valence-electron chi connectivity index (χ1n) is 8.22. The second kappa shape index (κ2) is 6.64. The highest BCUT2D eigenvalue weighted by Gasteiger charge is 2.45. The van der Waals surface area contributed by atoms with Gasteiger partial charge in [0.05, 0.1) is 0 Å². The minimum atomic E-state index is 0.0341. The molecule has 0 spiro atoms. The Balaban J connectivity index is 1.50. The number of likely N-dealkylation sites (tertiary alicyclic amines) is 1. The van der Waals surface area contributed by atoms with Crippen molar-refractivity contribution in [2.45, 2.75) is 37.6 Å². The van der Waals surface area contributed by atoms with Gasteiger partial charge in [-0.1, -0.05) is 12.1 Å². The van der Waals surface area contributed by atoms with Crippen LogP contribution in [0.3, 0.4) is 0 Å². The van der Waals surface area contributed by atoms with Gasteiger partial charge in [0.2, 0.25) is 5.88 Å². The molecule has 2 aliphatic heterocycles. The van der Waals surface area contributed by atoms with Crippen molar-refractivity contribution in [2.24, 2.45) is 0 Å². The van der Waals surface area contributed by atoms with Crippen molar-refractivity contribution in [3.63, 3.8) is 0 Å². The second-order valence-corrected chi connectivity index (χ2v) is 6.16. The molecule has 0 bridgehead atoms. The molecule has 23 heavy (non-hydrogen) atoms. The molecule has 120 valence electrons. The van der Waals surface area contributed by atoms with Crippen LogP contribution in [-0.4, -0.2) is 46.3 Å². The standard InChI is InChI=1S/C18H21N3O2/c1-2-9-20-17(7-1)23-16-13-21(12-14-5-3-8-19-11-14)15-6-4-10-22-18(15)16/h1-3,5,7-9,11,15-16,18H,4,6,10,12-13H2/t15-,16+,18+/m1/s1. The summed E-state index contributed by atoms with van der Waals surface area (Å²) in [6.07, 6.45) is 7.94. The summed E-state index contributed by atoms with van der Waals surface area (Å²) in [6.45, 7) is 2.57. The summed E-state index contributed by atoms with van der Waals surface area (Å²) in [5, 5.41) is 0. The summed E-state index contributed by atoms with van der Waals surface area (Å²) in [5.74, 6) is 0.675. The van der Waals surface area contributed by atoms with E-state index in [0.29, 0.717) is 11.9 Å². The van der Waals surface area contributed by atoms with Crippen LogP contribution < -0.4 is 4.74 Å².